The van der Waals surface area contributed by atoms with E-state index in [1.165, 1.54) is 30.0 Å². The Balaban J connectivity index is 1.76. The van der Waals surface area contributed by atoms with Crippen molar-refractivity contribution < 1.29 is 4.79 Å². The number of benzene rings is 1. The van der Waals surface area contributed by atoms with E-state index >= 15 is 0 Å². The summed E-state index contributed by atoms with van der Waals surface area (Å²) in [4.78, 5) is 26.1. The molecule has 24 heavy (non-hydrogen) atoms. The van der Waals surface area contributed by atoms with Crippen LogP contribution in [0.2, 0.25) is 0 Å². The van der Waals surface area contributed by atoms with E-state index in [4.69, 9.17) is 0 Å². The second-order valence-corrected chi connectivity index (χ2v) is 6.32. The molecule has 0 aliphatic carbocycles. The summed E-state index contributed by atoms with van der Waals surface area (Å²) in [5.41, 5.74) is 2.20. The van der Waals surface area contributed by atoms with Gasteiger partial charge in [-0.15, -0.1) is 0 Å². The van der Waals surface area contributed by atoms with Crippen LogP contribution in [0.1, 0.15) is 42.5 Å². The molecule has 0 bridgehead atoms. The maximum absolute atomic E-state index is 12.7. The van der Waals surface area contributed by atoms with Gasteiger partial charge < -0.3 is 4.90 Å². The van der Waals surface area contributed by atoms with E-state index in [2.05, 4.69) is 5.10 Å². The van der Waals surface area contributed by atoms with Crippen LogP contribution in [0.25, 0.3) is 11.3 Å². The molecule has 3 rings (SSSR count). The summed E-state index contributed by atoms with van der Waals surface area (Å²) in [6, 6.07) is 10.7. The highest BCUT2D eigenvalue weighted by molar-refractivity contribution is 5.94. The average Bonchev–Trinajstić information content (AvgIpc) is 2.57. The first-order valence-corrected chi connectivity index (χ1v) is 8.59. The molecule has 2 aromatic rings. The Kier molecular flexibility index (Phi) is 5.08. The summed E-state index contributed by atoms with van der Waals surface area (Å²) in [5.74, 6) is 0.108. The Bertz CT molecular complexity index is 757. The Hall–Kier alpha value is -2.43. The SMILES string of the molecule is Cn1nc(-c2ccc(C(=O)N3CCCCCCC3)cc2)ccc1=O. The number of rotatable bonds is 2. The molecule has 2 heterocycles. The number of hydrogen-bond acceptors (Lipinski definition) is 3. The molecule has 1 fully saturated rings. The van der Waals surface area contributed by atoms with Crippen molar-refractivity contribution in [3.8, 4) is 11.3 Å². The lowest BCUT2D eigenvalue weighted by molar-refractivity contribution is 0.0742. The van der Waals surface area contributed by atoms with Gasteiger partial charge in [0, 0.05) is 37.3 Å². The zero-order valence-electron chi connectivity index (χ0n) is 14.1. The first-order valence-electron chi connectivity index (χ1n) is 8.59. The van der Waals surface area contributed by atoms with Crippen LogP contribution in [-0.4, -0.2) is 33.7 Å². The molecular weight excluding hydrogens is 302 g/mol. The van der Waals surface area contributed by atoms with E-state index in [9.17, 15) is 9.59 Å². The van der Waals surface area contributed by atoms with Crippen molar-refractivity contribution >= 4 is 5.91 Å². The van der Waals surface area contributed by atoms with Crippen molar-refractivity contribution in [2.24, 2.45) is 7.05 Å². The second-order valence-electron chi connectivity index (χ2n) is 6.32. The van der Waals surface area contributed by atoms with E-state index in [1.807, 2.05) is 29.2 Å². The largest absolute Gasteiger partial charge is 0.339 e. The smallest absolute Gasteiger partial charge is 0.266 e. The molecule has 1 aliphatic rings. The predicted octanol–water partition coefficient (Wildman–Crippen LogP) is 2.85. The lowest BCUT2D eigenvalue weighted by Crippen LogP contribution is -2.33. The molecule has 0 atom stereocenters. The fourth-order valence-corrected chi connectivity index (χ4v) is 3.07. The molecule has 1 saturated heterocycles. The van der Waals surface area contributed by atoms with Crippen LogP contribution in [-0.2, 0) is 7.05 Å². The van der Waals surface area contributed by atoms with Gasteiger partial charge in [-0.05, 0) is 31.0 Å². The van der Waals surface area contributed by atoms with Crippen LogP contribution in [0.5, 0.6) is 0 Å². The molecule has 5 heteroatoms. The van der Waals surface area contributed by atoms with Gasteiger partial charge in [0.15, 0.2) is 0 Å². The Morgan fingerprint density at radius 1 is 0.917 bits per heavy atom. The van der Waals surface area contributed by atoms with Gasteiger partial charge in [-0.3, -0.25) is 9.59 Å². The second kappa shape index (κ2) is 7.43. The number of likely N-dealkylation sites (tertiary alicyclic amines) is 1. The highest BCUT2D eigenvalue weighted by atomic mass is 16.2. The van der Waals surface area contributed by atoms with Crippen molar-refractivity contribution in [3.63, 3.8) is 0 Å². The molecule has 0 radical (unpaired) electrons. The van der Waals surface area contributed by atoms with Crippen molar-refractivity contribution in [2.45, 2.75) is 32.1 Å². The normalized spacial score (nSPS) is 15.6. The number of amides is 1. The number of nitrogens with zero attached hydrogens (tertiary/aromatic N) is 3. The summed E-state index contributed by atoms with van der Waals surface area (Å²) in [5, 5.41) is 4.24. The fraction of sp³-hybridized carbons (Fsp3) is 0.421. The molecular formula is C19H23N3O2. The molecule has 1 aromatic heterocycles. The van der Waals surface area contributed by atoms with E-state index in [1.54, 1.807) is 13.1 Å². The average molecular weight is 325 g/mol. The minimum atomic E-state index is -0.136. The maximum atomic E-state index is 12.7. The number of hydrogen-bond donors (Lipinski definition) is 0. The third-order valence-electron chi connectivity index (χ3n) is 4.53. The summed E-state index contributed by atoms with van der Waals surface area (Å²) in [6.07, 6.45) is 5.88. The van der Waals surface area contributed by atoms with Crippen LogP contribution >= 0.6 is 0 Å². The van der Waals surface area contributed by atoms with Gasteiger partial charge in [0.1, 0.15) is 0 Å². The third-order valence-corrected chi connectivity index (χ3v) is 4.53. The standard InChI is InChI=1S/C19H23N3O2/c1-21-18(23)12-11-17(20-21)15-7-9-16(10-8-15)19(24)22-13-5-3-2-4-6-14-22/h7-12H,2-6,13-14H2,1H3. The summed E-state index contributed by atoms with van der Waals surface area (Å²) in [6.45, 7) is 1.70. The molecule has 126 valence electrons. The minimum Gasteiger partial charge on any atom is -0.339 e. The van der Waals surface area contributed by atoms with E-state index in [0.29, 0.717) is 5.56 Å². The van der Waals surface area contributed by atoms with Gasteiger partial charge in [0.25, 0.3) is 11.5 Å². The Morgan fingerprint density at radius 2 is 1.54 bits per heavy atom. The van der Waals surface area contributed by atoms with Crippen molar-refractivity contribution in [3.05, 3.63) is 52.3 Å². The number of carbonyl (C=O) groups is 1. The molecule has 5 nitrogen and oxygen atoms in total. The first kappa shape index (κ1) is 16.4. The van der Waals surface area contributed by atoms with Gasteiger partial charge in [0.2, 0.25) is 0 Å². The Labute approximate surface area is 141 Å². The van der Waals surface area contributed by atoms with E-state index in [-0.39, 0.29) is 11.5 Å². The monoisotopic (exact) mass is 325 g/mol. The summed E-state index contributed by atoms with van der Waals surface area (Å²) in [7, 11) is 1.63. The maximum Gasteiger partial charge on any atom is 0.266 e. The van der Waals surface area contributed by atoms with Gasteiger partial charge in [-0.1, -0.05) is 31.4 Å². The van der Waals surface area contributed by atoms with Gasteiger partial charge in [0.05, 0.1) is 5.69 Å². The van der Waals surface area contributed by atoms with E-state index in [0.717, 1.165) is 37.2 Å². The van der Waals surface area contributed by atoms with Crippen LogP contribution in [0.15, 0.2) is 41.2 Å². The molecule has 0 spiro atoms. The first-order chi connectivity index (χ1) is 11.6. The quantitative estimate of drug-likeness (QED) is 0.853. The minimum absolute atomic E-state index is 0.108. The van der Waals surface area contributed by atoms with Crippen molar-refractivity contribution in [2.75, 3.05) is 13.1 Å². The third kappa shape index (κ3) is 3.72. The zero-order valence-corrected chi connectivity index (χ0v) is 14.1. The van der Waals surface area contributed by atoms with Gasteiger partial charge >= 0.3 is 0 Å². The molecule has 1 aliphatic heterocycles. The van der Waals surface area contributed by atoms with Crippen molar-refractivity contribution in [1.29, 1.82) is 0 Å². The topological polar surface area (TPSA) is 55.2 Å². The van der Waals surface area contributed by atoms with Crippen LogP contribution in [0, 0.1) is 0 Å². The molecule has 0 unspecified atom stereocenters. The molecule has 0 saturated carbocycles. The highest BCUT2D eigenvalue weighted by Crippen LogP contribution is 2.18. The zero-order chi connectivity index (χ0) is 16.9. The van der Waals surface area contributed by atoms with Gasteiger partial charge in [-0.25, -0.2) is 4.68 Å². The molecule has 0 N–H and O–H groups in total. The lowest BCUT2D eigenvalue weighted by atomic mass is 10.1. The van der Waals surface area contributed by atoms with Crippen LogP contribution in [0.3, 0.4) is 0 Å². The predicted molar refractivity (Wildman–Crippen MR) is 93.9 cm³/mol. The molecule has 1 aromatic carbocycles. The number of carbonyl (C=O) groups excluding carboxylic acids is 1. The summed E-state index contributed by atoms with van der Waals surface area (Å²) < 4.78 is 1.31. The van der Waals surface area contributed by atoms with Crippen LogP contribution in [0.4, 0.5) is 0 Å². The van der Waals surface area contributed by atoms with Gasteiger partial charge in [-0.2, -0.15) is 5.10 Å². The number of aromatic nitrogens is 2. The fourth-order valence-electron chi connectivity index (χ4n) is 3.07. The molecule has 1 amide bonds. The number of aryl methyl sites for hydroxylation is 1. The summed E-state index contributed by atoms with van der Waals surface area (Å²) >= 11 is 0. The Morgan fingerprint density at radius 3 is 2.17 bits per heavy atom. The highest BCUT2D eigenvalue weighted by Gasteiger charge is 2.16. The van der Waals surface area contributed by atoms with Crippen molar-refractivity contribution in [1.82, 2.24) is 14.7 Å². The van der Waals surface area contributed by atoms with E-state index < -0.39 is 0 Å². The van der Waals surface area contributed by atoms with Crippen LogP contribution < -0.4 is 5.56 Å². The lowest BCUT2D eigenvalue weighted by Gasteiger charge is -2.25.